The van der Waals surface area contributed by atoms with Crippen LogP contribution in [-0.4, -0.2) is 31.4 Å². The summed E-state index contributed by atoms with van der Waals surface area (Å²) >= 11 is 6.79. The monoisotopic (exact) mass is 447 g/mol. The number of anilines is 1. The van der Waals surface area contributed by atoms with Crippen molar-refractivity contribution < 1.29 is 13.6 Å². The minimum absolute atomic E-state index is 0.0788. The van der Waals surface area contributed by atoms with Crippen LogP contribution in [0, 0.1) is 11.6 Å². The number of nitrogens with zero attached hydrogens (tertiary/aromatic N) is 3. The molecule has 11 heteroatoms. The number of halogens is 3. The summed E-state index contributed by atoms with van der Waals surface area (Å²) in [7, 11) is 0. The number of hydrogen-bond acceptors (Lipinski definition) is 5. The highest BCUT2D eigenvalue weighted by molar-refractivity contribution is 7.99. The summed E-state index contributed by atoms with van der Waals surface area (Å²) in [5.74, 6) is -2.58. The summed E-state index contributed by atoms with van der Waals surface area (Å²) < 4.78 is 28.2. The molecule has 152 valence electrons. The molecule has 2 aromatic carbocycles. The molecule has 7 nitrogen and oxygen atoms in total. The zero-order valence-corrected chi connectivity index (χ0v) is 16.6. The third kappa shape index (κ3) is 4.05. The highest BCUT2D eigenvalue weighted by Crippen LogP contribution is 2.22. The van der Waals surface area contributed by atoms with Crippen LogP contribution in [-0.2, 0) is 4.79 Å². The molecule has 0 unspecified atom stereocenters. The second kappa shape index (κ2) is 8.25. The van der Waals surface area contributed by atoms with E-state index >= 15 is 0 Å². The Morgan fingerprint density at radius 3 is 2.67 bits per heavy atom. The van der Waals surface area contributed by atoms with Gasteiger partial charge in [0.25, 0.3) is 5.56 Å². The van der Waals surface area contributed by atoms with Crippen molar-refractivity contribution in [1.29, 1.82) is 0 Å². The predicted octanol–water partition coefficient (Wildman–Crippen LogP) is 3.77. The van der Waals surface area contributed by atoms with Gasteiger partial charge in [-0.3, -0.25) is 19.3 Å². The zero-order chi connectivity index (χ0) is 21.3. The fraction of sp³-hybridized carbons (Fsp3) is 0.0526. The van der Waals surface area contributed by atoms with E-state index < -0.39 is 17.2 Å². The first-order chi connectivity index (χ1) is 14.4. The molecule has 0 aliphatic heterocycles. The maximum Gasteiger partial charge on any atom is 0.269 e. The molecule has 2 N–H and O–H groups in total. The van der Waals surface area contributed by atoms with E-state index in [2.05, 4.69) is 20.5 Å². The summed E-state index contributed by atoms with van der Waals surface area (Å²) in [6, 6.07) is 9.64. The SMILES string of the molecule is O=C(CSc1nc2[nH]ncc2c(=O)n1-c1ccc(F)c(F)c1)Nc1ccc(Cl)cc1. The fourth-order valence-electron chi connectivity index (χ4n) is 2.68. The number of amides is 1. The van der Waals surface area contributed by atoms with Gasteiger partial charge in [0.05, 0.1) is 17.6 Å². The van der Waals surface area contributed by atoms with E-state index in [0.29, 0.717) is 10.7 Å². The maximum atomic E-state index is 13.8. The van der Waals surface area contributed by atoms with Crippen LogP contribution < -0.4 is 10.9 Å². The van der Waals surface area contributed by atoms with Gasteiger partial charge in [0.1, 0.15) is 5.39 Å². The minimum atomic E-state index is -1.11. The molecule has 4 rings (SSSR count). The third-order valence-corrected chi connectivity index (χ3v) is 5.26. The van der Waals surface area contributed by atoms with E-state index in [-0.39, 0.29) is 33.5 Å². The number of benzene rings is 2. The number of hydrogen-bond donors (Lipinski definition) is 2. The van der Waals surface area contributed by atoms with Crippen molar-refractivity contribution in [2.75, 3.05) is 11.1 Å². The van der Waals surface area contributed by atoms with Gasteiger partial charge >= 0.3 is 0 Å². The molecule has 30 heavy (non-hydrogen) atoms. The van der Waals surface area contributed by atoms with Crippen LogP contribution in [0.25, 0.3) is 16.7 Å². The van der Waals surface area contributed by atoms with Crippen molar-refractivity contribution in [3.05, 3.63) is 75.7 Å². The van der Waals surface area contributed by atoms with Gasteiger partial charge in [0.2, 0.25) is 5.91 Å². The Morgan fingerprint density at radius 1 is 1.17 bits per heavy atom. The molecular formula is C19H12ClF2N5O2S. The van der Waals surface area contributed by atoms with Crippen molar-refractivity contribution in [3.8, 4) is 5.69 Å². The largest absolute Gasteiger partial charge is 0.325 e. The number of carbonyl (C=O) groups excluding carboxylic acids is 1. The van der Waals surface area contributed by atoms with Crippen molar-refractivity contribution in [2.45, 2.75) is 5.16 Å². The second-order valence-corrected chi connectivity index (χ2v) is 7.49. The van der Waals surface area contributed by atoms with Crippen LogP contribution in [0.4, 0.5) is 14.5 Å². The number of carbonyl (C=O) groups is 1. The van der Waals surface area contributed by atoms with E-state index in [1.807, 2.05) is 0 Å². The Kier molecular flexibility index (Phi) is 5.51. The van der Waals surface area contributed by atoms with Crippen LogP contribution in [0.2, 0.25) is 5.02 Å². The molecule has 0 aliphatic rings. The number of aromatic amines is 1. The van der Waals surface area contributed by atoms with Gasteiger partial charge < -0.3 is 5.32 Å². The van der Waals surface area contributed by atoms with Crippen LogP contribution in [0.5, 0.6) is 0 Å². The lowest BCUT2D eigenvalue weighted by molar-refractivity contribution is -0.113. The molecule has 0 atom stereocenters. The molecule has 0 saturated heterocycles. The molecule has 0 spiro atoms. The van der Waals surface area contributed by atoms with Crippen LogP contribution >= 0.6 is 23.4 Å². The van der Waals surface area contributed by atoms with Gasteiger partial charge in [-0.05, 0) is 36.4 Å². The molecule has 4 aromatic rings. The van der Waals surface area contributed by atoms with E-state index in [4.69, 9.17) is 11.6 Å². The average molecular weight is 448 g/mol. The number of nitrogens with one attached hydrogen (secondary N) is 2. The van der Waals surface area contributed by atoms with Gasteiger partial charge in [-0.25, -0.2) is 13.8 Å². The van der Waals surface area contributed by atoms with E-state index in [1.165, 1.54) is 12.3 Å². The van der Waals surface area contributed by atoms with Crippen molar-refractivity contribution >= 4 is 46.0 Å². The van der Waals surface area contributed by atoms with Crippen molar-refractivity contribution in [3.63, 3.8) is 0 Å². The molecular weight excluding hydrogens is 436 g/mol. The van der Waals surface area contributed by atoms with Crippen LogP contribution in [0.3, 0.4) is 0 Å². The Bertz CT molecular complexity index is 1310. The predicted molar refractivity (Wildman–Crippen MR) is 110 cm³/mol. The van der Waals surface area contributed by atoms with Crippen molar-refractivity contribution in [1.82, 2.24) is 19.7 Å². The normalized spacial score (nSPS) is 11.0. The topological polar surface area (TPSA) is 92.7 Å². The summed E-state index contributed by atoms with van der Waals surface area (Å²) in [5, 5.41) is 9.92. The maximum absolute atomic E-state index is 13.8. The molecule has 2 aromatic heterocycles. The molecule has 0 fully saturated rings. The molecule has 0 aliphatic carbocycles. The number of thioether (sulfide) groups is 1. The highest BCUT2D eigenvalue weighted by Gasteiger charge is 2.17. The summed E-state index contributed by atoms with van der Waals surface area (Å²) in [6.45, 7) is 0. The highest BCUT2D eigenvalue weighted by atomic mass is 35.5. The first-order valence-electron chi connectivity index (χ1n) is 8.52. The Hall–Kier alpha value is -3.24. The van der Waals surface area contributed by atoms with Gasteiger partial charge in [-0.1, -0.05) is 23.4 Å². The Morgan fingerprint density at radius 2 is 1.93 bits per heavy atom. The Labute approximate surface area is 177 Å². The third-order valence-electron chi connectivity index (χ3n) is 4.07. The molecule has 0 radical (unpaired) electrons. The number of H-pyrrole nitrogens is 1. The van der Waals surface area contributed by atoms with Crippen LogP contribution in [0.15, 0.2) is 58.6 Å². The molecule has 0 bridgehead atoms. The first kappa shape index (κ1) is 20.0. The lowest BCUT2D eigenvalue weighted by atomic mass is 10.3. The van der Waals surface area contributed by atoms with E-state index in [1.54, 1.807) is 24.3 Å². The van der Waals surface area contributed by atoms with Gasteiger partial charge in [0.15, 0.2) is 22.4 Å². The second-order valence-electron chi connectivity index (χ2n) is 6.11. The quantitative estimate of drug-likeness (QED) is 0.359. The van der Waals surface area contributed by atoms with E-state index in [9.17, 15) is 18.4 Å². The number of fused-ring (bicyclic) bond motifs is 1. The summed E-state index contributed by atoms with van der Waals surface area (Å²) in [6.07, 6.45) is 1.29. The van der Waals surface area contributed by atoms with Crippen molar-refractivity contribution in [2.24, 2.45) is 0 Å². The fourth-order valence-corrected chi connectivity index (χ4v) is 3.61. The first-order valence-corrected chi connectivity index (χ1v) is 9.88. The zero-order valence-electron chi connectivity index (χ0n) is 15.0. The van der Waals surface area contributed by atoms with Gasteiger partial charge in [0, 0.05) is 16.8 Å². The number of aromatic nitrogens is 4. The molecule has 2 heterocycles. The minimum Gasteiger partial charge on any atom is -0.325 e. The average Bonchev–Trinajstić information content (AvgIpc) is 3.19. The standard InChI is InChI=1S/C19H12ClF2N5O2S/c20-10-1-3-11(4-2-10)24-16(28)9-30-19-25-17-13(8-23-26-17)18(29)27(19)12-5-6-14(21)15(22)7-12/h1-8H,9H2,(H,23,26)(H,24,28). The van der Waals surface area contributed by atoms with Crippen LogP contribution in [0.1, 0.15) is 0 Å². The lowest BCUT2D eigenvalue weighted by Gasteiger charge is -2.12. The lowest BCUT2D eigenvalue weighted by Crippen LogP contribution is -2.22. The smallest absolute Gasteiger partial charge is 0.269 e. The van der Waals surface area contributed by atoms with E-state index in [0.717, 1.165) is 28.5 Å². The molecule has 0 saturated carbocycles. The summed E-state index contributed by atoms with van der Waals surface area (Å²) in [4.78, 5) is 29.5. The van der Waals surface area contributed by atoms with Gasteiger partial charge in [-0.15, -0.1) is 0 Å². The number of rotatable bonds is 5. The summed E-state index contributed by atoms with van der Waals surface area (Å²) in [5.41, 5.74) is 0.329. The van der Waals surface area contributed by atoms with Gasteiger partial charge in [-0.2, -0.15) is 5.10 Å². The Balaban J connectivity index is 1.65. The molecule has 1 amide bonds.